The van der Waals surface area contributed by atoms with E-state index >= 15 is 0 Å². The van der Waals surface area contributed by atoms with Crippen LogP contribution in [-0.2, 0) is 4.74 Å². The molecule has 0 aliphatic rings. The molecule has 0 bridgehead atoms. The number of hydrogen-bond donors (Lipinski definition) is 1. The van der Waals surface area contributed by atoms with Crippen LogP contribution in [0.15, 0.2) is 55.0 Å². The lowest BCUT2D eigenvalue weighted by Gasteiger charge is -2.17. The van der Waals surface area contributed by atoms with Crippen LogP contribution < -0.4 is 10.2 Å². The van der Waals surface area contributed by atoms with Crippen LogP contribution in [-0.4, -0.2) is 45.5 Å². The molecule has 0 radical (unpaired) electrons. The lowest BCUT2D eigenvalue weighted by Crippen LogP contribution is -2.27. The van der Waals surface area contributed by atoms with Gasteiger partial charge >= 0.3 is 6.09 Å². The third-order valence-electron chi connectivity index (χ3n) is 4.87. The van der Waals surface area contributed by atoms with E-state index in [2.05, 4.69) is 25.0 Å². The first kappa shape index (κ1) is 21.3. The fraction of sp³-hybridized carbons (Fsp3) is 0.136. The minimum Gasteiger partial charge on any atom is -0.453 e. The third-order valence-corrected chi connectivity index (χ3v) is 5.12. The van der Waals surface area contributed by atoms with Gasteiger partial charge in [0.15, 0.2) is 5.65 Å². The summed E-state index contributed by atoms with van der Waals surface area (Å²) in [6, 6.07) is 10.4. The molecule has 2 amide bonds. The number of halogens is 1. The van der Waals surface area contributed by atoms with Crippen LogP contribution in [0.1, 0.15) is 16.2 Å². The molecule has 0 saturated carbocycles. The Morgan fingerprint density at radius 2 is 1.84 bits per heavy atom. The number of fused-ring (bicyclic) bond motifs is 1. The van der Waals surface area contributed by atoms with Crippen molar-refractivity contribution < 1.29 is 14.3 Å². The van der Waals surface area contributed by atoms with E-state index < -0.39 is 6.09 Å². The van der Waals surface area contributed by atoms with Gasteiger partial charge in [-0.3, -0.25) is 14.5 Å². The molecule has 1 aromatic carbocycles. The van der Waals surface area contributed by atoms with Gasteiger partial charge < -0.3 is 9.64 Å². The number of methoxy groups -OCH3 is 1. The van der Waals surface area contributed by atoms with Crippen LogP contribution >= 0.6 is 11.6 Å². The smallest absolute Gasteiger partial charge is 0.412 e. The number of carbonyl (C=O) groups is 2. The predicted molar refractivity (Wildman–Crippen MR) is 121 cm³/mol. The molecule has 4 rings (SSSR count). The summed E-state index contributed by atoms with van der Waals surface area (Å²) in [6.45, 7) is 1.80. The Bertz CT molecular complexity index is 1300. The van der Waals surface area contributed by atoms with E-state index in [1.54, 1.807) is 73.4 Å². The highest BCUT2D eigenvalue weighted by atomic mass is 35.5. The second-order valence-corrected chi connectivity index (χ2v) is 7.37. The summed E-state index contributed by atoms with van der Waals surface area (Å²) in [5.74, 6) is 0.0837. The van der Waals surface area contributed by atoms with Gasteiger partial charge in [-0.05, 0) is 43.3 Å². The number of benzene rings is 1. The Labute approximate surface area is 188 Å². The van der Waals surface area contributed by atoms with Crippen molar-refractivity contribution in [2.45, 2.75) is 6.92 Å². The van der Waals surface area contributed by atoms with Crippen molar-refractivity contribution in [3.63, 3.8) is 0 Å². The van der Waals surface area contributed by atoms with Crippen molar-refractivity contribution in [2.75, 3.05) is 24.4 Å². The van der Waals surface area contributed by atoms with Gasteiger partial charge in [0.25, 0.3) is 5.91 Å². The molecule has 32 heavy (non-hydrogen) atoms. The summed E-state index contributed by atoms with van der Waals surface area (Å²) >= 11 is 5.95. The first-order chi connectivity index (χ1) is 15.4. The maximum absolute atomic E-state index is 13.1. The molecule has 4 aromatic rings. The summed E-state index contributed by atoms with van der Waals surface area (Å²) in [7, 11) is 2.96. The number of aromatic nitrogens is 4. The van der Waals surface area contributed by atoms with E-state index in [-0.39, 0.29) is 11.6 Å². The SMILES string of the molecule is COC(=O)Nc1ccc(-c2cnc3c(C)nc(C(=O)N(C)c4ccc(Cl)cc4)cn23)cn1. The standard InChI is InChI=1S/C22H19ClN6O3/c1-13-20-25-11-18(14-4-9-19(24-10-14)27-22(31)32-3)29(20)12-17(26-13)21(30)28(2)16-7-5-15(23)6-8-16/h4-12H,1-3H3,(H,24,27,31). The molecule has 9 nitrogen and oxygen atoms in total. The van der Waals surface area contributed by atoms with Crippen molar-refractivity contribution in [3.8, 4) is 11.3 Å². The zero-order valence-corrected chi connectivity index (χ0v) is 18.3. The number of carbonyl (C=O) groups excluding carboxylic acids is 2. The van der Waals surface area contributed by atoms with Gasteiger partial charge in [-0.1, -0.05) is 11.6 Å². The number of pyridine rings is 1. The van der Waals surface area contributed by atoms with E-state index in [9.17, 15) is 9.59 Å². The molecule has 1 N–H and O–H groups in total. The predicted octanol–water partition coefficient (Wildman–Crippen LogP) is 4.21. The van der Waals surface area contributed by atoms with Crippen molar-refractivity contribution in [1.29, 1.82) is 0 Å². The second-order valence-electron chi connectivity index (χ2n) is 6.94. The number of aryl methyl sites for hydroxylation is 1. The topological polar surface area (TPSA) is 102 Å². The highest BCUT2D eigenvalue weighted by molar-refractivity contribution is 6.30. The van der Waals surface area contributed by atoms with Gasteiger partial charge in [-0.2, -0.15) is 0 Å². The number of nitrogens with zero attached hydrogens (tertiary/aromatic N) is 5. The van der Waals surface area contributed by atoms with Gasteiger partial charge in [0.2, 0.25) is 0 Å². The summed E-state index contributed by atoms with van der Waals surface area (Å²) in [4.78, 5) is 39.1. The molecule has 0 spiro atoms. The normalized spacial score (nSPS) is 10.8. The van der Waals surface area contributed by atoms with E-state index in [1.807, 2.05) is 0 Å². The van der Waals surface area contributed by atoms with Gasteiger partial charge in [-0.15, -0.1) is 0 Å². The molecule has 3 heterocycles. The van der Waals surface area contributed by atoms with Crippen molar-refractivity contribution in [3.05, 3.63) is 71.4 Å². The largest absolute Gasteiger partial charge is 0.453 e. The van der Waals surface area contributed by atoms with Gasteiger partial charge in [0, 0.05) is 35.7 Å². The molecular formula is C22H19ClN6O3. The minimum absolute atomic E-state index is 0.267. The molecule has 3 aromatic heterocycles. The zero-order chi connectivity index (χ0) is 22.8. The molecule has 0 aliphatic heterocycles. The maximum atomic E-state index is 13.1. The quantitative estimate of drug-likeness (QED) is 0.499. The van der Waals surface area contributed by atoms with Crippen LogP contribution in [0.2, 0.25) is 5.02 Å². The number of imidazole rings is 1. The van der Waals surface area contributed by atoms with E-state index in [1.165, 1.54) is 12.0 Å². The number of ether oxygens (including phenoxy) is 1. The first-order valence-electron chi connectivity index (χ1n) is 9.57. The molecule has 10 heteroatoms. The maximum Gasteiger partial charge on any atom is 0.412 e. The Morgan fingerprint density at radius 3 is 2.50 bits per heavy atom. The summed E-state index contributed by atoms with van der Waals surface area (Å²) in [5.41, 5.74) is 3.69. The Morgan fingerprint density at radius 1 is 1.09 bits per heavy atom. The molecule has 0 aliphatic carbocycles. The third kappa shape index (κ3) is 4.10. The molecule has 0 saturated heterocycles. The molecule has 0 atom stereocenters. The second kappa shape index (κ2) is 8.64. The van der Waals surface area contributed by atoms with Gasteiger partial charge in [0.1, 0.15) is 11.5 Å². The molecule has 0 fully saturated rings. The number of amides is 2. The van der Waals surface area contributed by atoms with E-state index in [0.29, 0.717) is 27.9 Å². The average molecular weight is 451 g/mol. The fourth-order valence-electron chi connectivity index (χ4n) is 3.19. The highest BCUT2D eigenvalue weighted by Gasteiger charge is 2.19. The van der Waals surface area contributed by atoms with E-state index in [0.717, 1.165) is 11.3 Å². The Balaban J connectivity index is 1.69. The van der Waals surface area contributed by atoms with Crippen molar-refractivity contribution >= 4 is 40.8 Å². The highest BCUT2D eigenvalue weighted by Crippen LogP contribution is 2.24. The van der Waals surface area contributed by atoms with Gasteiger partial charge in [0.05, 0.1) is 24.7 Å². The Hall–Kier alpha value is -3.98. The average Bonchev–Trinajstić information content (AvgIpc) is 3.23. The van der Waals surface area contributed by atoms with Crippen molar-refractivity contribution in [1.82, 2.24) is 19.4 Å². The number of hydrogen-bond acceptors (Lipinski definition) is 6. The van der Waals surface area contributed by atoms with Crippen molar-refractivity contribution in [2.24, 2.45) is 0 Å². The number of nitrogens with one attached hydrogen (secondary N) is 1. The van der Waals surface area contributed by atoms with Crippen LogP contribution in [0, 0.1) is 6.92 Å². The summed E-state index contributed by atoms with van der Waals surface area (Å²) in [6.07, 6.45) is 4.34. The fourth-order valence-corrected chi connectivity index (χ4v) is 3.31. The monoisotopic (exact) mass is 450 g/mol. The lowest BCUT2D eigenvalue weighted by molar-refractivity contribution is 0.0987. The van der Waals surface area contributed by atoms with Gasteiger partial charge in [-0.25, -0.2) is 19.7 Å². The number of rotatable bonds is 4. The van der Waals surface area contributed by atoms with Crippen LogP contribution in [0.3, 0.4) is 0 Å². The zero-order valence-electron chi connectivity index (χ0n) is 17.5. The summed E-state index contributed by atoms with van der Waals surface area (Å²) in [5, 5.41) is 3.09. The van der Waals surface area contributed by atoms with Crippen LogP contribution in [0.4, 0.5) is 16.3 Å². The van der Waals surface area contributed by atoms with Crippen LogP contribution in [0.5, 0.6) is 0 Å². The summed E-state index contributed by atoms with van der Waals surface area (Å²) < 4.78 is 6.37. The number of anilines is 2. The van der Waals surface area contributed by atoms with Crippen LogP contribution in [0.25, 0.3) is 16.9 Å². The lowest BCUT2D eigenvalue weighted by atomic mass is 10.2. The first-order valence-corrected chi connectivity index (χ1v) is 9.95. The van der Waals surface area contributed by atoms with E-state index in [4.69, 9.17) is 11.6 Å². The minimum atomic E-state index is -0.602. The molecule has 162 valence electrons. The molecule has 0 unspecified atom stereocenters. The Kier molecular flexibility index (Phi) is 5.74. The molecular weight excluding hydrogens is 432 g/mol.